The highest BCUT2D eigenvalue weighted by Gasteiger charge is 2.39. The molecule has 1 fully saturated rings. The molecule has 10 heteroatoms. The van der Waals surface area contributed by atoms with Gasteiger partial charge in [-0.3, -0.25) is 14.3 Å². The van der Waals surface area contributed by atoms with E-state index in [2.05, 4.69) is 10.4 Å². The molecule has 2 heterocycles. The Morgan fingerprint density at radius 3 is 2.38 bits per heavy atom. The fourth-order valence-electron chi connectivity index (χ4n) is 3.43. The summed E-state index contributed by atoms with van der Waals surface area (Å²) in [5.74, 6) is -1.31. The number of alkyl halides is 3. The molecule has 1 amide bonds. The minimum absolute atomic E-state index is 0.113. The maximum atomic E-state index is 12.9. The molecule has 0 saturated carbocycles. The van der Waals surface area contributed by atoms with Crippen LogP contribution in [0.15, 0.2) is 29.1 Å². The predicted octanol–water partition coefficient (Wildman–Crippen LogP) is 1.86. The first kappa shape index (κ1) is 21.1. The van der Waals surface area contributed by atoms with Gasteiger partial charge in [0.05, 0.1) is 12.6 Å². The van der Waals surface area contributed by atoms with E-state index in [1.165, 1.54) is 0 Å². The van der Waals surface area contributed by atoms with E-state index in [0.29, 0.717) is 37.0 Å². The molecule has 29 heavy (non-hydrogen) atoms. The lowest BCUT2D eigenvalue weighted by Gasteiger charge is -2.31. The standard InChI is InChI=1S/C19H24F3N5O2/c1-13-3-5-14(6-4-13)11-23-16(28)12-26-9-7-15(8-10-26)27-18(29)25(2)17(24-27)19(20,21)22/h3-6,15H,7-12H2,1-2H3,(H,23,28). The van der Waals surface area contributed by atoms with Crippen LogP contribution < -0.4 is 11.0 Å². The first-order chi connectivity index (χ1) is 13.6. The molecule has 2 aromatic rings. The SMILES string of the molecule is Cc1ccc(CNC(=O)CN2CCC(n3nc(C(F)(F)F)n(C)c3=O)CC2)cc1. The first-order valence-corrected chi connectivity index (χ1v) is 9.42. The zero-order chi connectivity index (χ0) is 21.2. The highest BCUT2D eigenvalue weighted by molar-refractivity contribution is 5.78. The summed E-state index contributed by atoms with van der Waals surface area (Å²) in [6, 6.07) is 7.48. The van der Waals surface area contributed by atoms with Crippen LogP contribution in [-0.4, -0.2) is 44.8 Å². The van der Waals surface area contributed by atoms with Crippen LogP contribution in [0.5, 0.6) is 0 Å². The van der Waals surface area contributed by atoms with Crippen molar-refractivity contribution in [1.29, 1.82) is 0 Å². The highest BCUT2D eigenvalue weighted by atomic mass is 19.4. The molecule has 0 spiro atoms. The molecule has 158 valence electrons. The number of carbonyl (C=O) groups is 1. The van der Waals surface area contributed by atoms with E-state index in [1.54, 1.807) is 0 Å². The Labute approximate surface area is 166 Å². The van der Waals surface area contributed by atoms with Gasteiger partial charge in [0.25, 0.3) is 0 Å². The Morgan fingerprint density at radius 1 is 1.21 bits per heavy atom. The lowest BCUT2D eigenvalue weighted by Crippen LogP contribution is -2.43. The number of aryl methyl sites for hydroxylation is 1. The summed E-state index contributed by atoms with van der Waals surface area (Å²) >= 11 is 0. The number of halogens is 3. The largest absolute Gasteiger partial charge is 0.451 e. The third-order valence-corrected chi connectivity index (χ3v) is 5.14. The molecule has 0 aliphatic carbocycles. The van der Waals surface area contributed by atoms with Crippen molar-refractivity contribution < 1.29 is 18.0 Å². The molecule has 3 rings (SSSR count). The Bertz CT molecular complexity index is 909. The van der Waals surface area contributed by atoms with Crippen LogP contribution >= 0.6 is 0 Å². The molecule has 7 nitrogen and oxygen atoms in total. The van der Waals surface area contributed by atoms with Crippen molar-refractivity contribution in [3.8, 4) is 0 Å². The van der Waals surface area contributed by atoms with Gasteiger partial charge in [0.1, 0.15) is 0 Å². The molecule has 1 saturated heterocycles. The number of piperidine rings is 1. The number of hydrogen-bond acceptors (Lipinski definition) is 4. The zero-order valence-electron chi connectivity index (χ0n) is 16.4. The van der Waals surface area contributed by atoms with Gasteiger partial charge in [-0.15, -0.1) is 5.10 Å². The number of carbonyl (C=O) groups excluding carboxylic acids is 1. The minimum atomic E-state index is -4.67. The van der Waals surface area contributed by atoms with Crippen molar-refractivity contribution in [2.24, 2.45) is 7.05 Å². The molecule has 1 N–H and O–H groups in total. The topological polar surface area (TPSA) is 72.2 Å². The Hall–Kier alpha value is -2.62. The van der Waals surface area contributed by atoms with E-state index in [1.807, 2.05) is 36.1 Å². The number of nitrogens with one attached hydrogen (secondary N) is 1. The number of amides is 1. The van der Waals surface area contributed by atoms with Gasteiger partial charge in [0, 0.05) is 26.7 Å². The Balaban J connectivity index is 1.51. The number of nitrogens with zero attached hydrogens (tertiary/aromatic N) is 4. The lowest BCUT2D eigenvalue weighted by molar-refractivity contribution is -0.147. The van der Waals surface area contributed by atoms with E-state index in [-0.39, 0.29) is 12.5 Å². The molecule has 0 bridgehead atoms. The van der Waals surface area contributed by atoms with Crippen molar-refractivity contribution in [2.75, 3.05) is 19.6 Å². The van der Waals surface area contributed by atoms with Gasteiger partial charge < -0.3 is 5.32 Å². The summed E-state index contributed by atoms with van der Waals surface area (Å²) in [5, 5.41) is 6.37. The Kier molecular flexibility index (Phi) is 6.11. The molecule has 0 atom stereocenters. The van der Waals surface area contributed by atoms with E-state index in [4.69, 9.17) is 0 Å². The molecule has 1 aliphatic rings. The van der Waals surface area contributed by atoms with E-state index >= 15 is 0 Å². The summed E-state index contributed by atoms with van der Waals surface area (Å²) in [6.07, 6.45) is -3.76. The van der Waals surface area contributed by atoms with Gasteiger partial charge in [-0.1, -0.05) is 29.8 Å². The van der Waals surface area contributed by atoms with Crippen LogP contribution in [0.25, 0.3) is 0 Å². The third-order valence-electron chi connectivity index (χ3n) is 5.14. The van der Waals surface area contributed by atoms with Gasteiger partial charge in [0.2, 0.25) is 11.7 Å². The van der Waals surface area contributed by atoms with Crippen molar-refractivity contribution >= 4 is 5.91 Å². The molecular formula is C19H24F3N5O2. The van der Waals surface area contributed by atoms with Crippen molar-refractivity contribution in [3.05, 3.63) is 51.7 Å². The van der Waals surface area contributed by atoms with E-state index < -0.39 is 23.7 Å². The lowest BCUT2D eigenvalue weighted by atomic mass is 10.1. The van der Waals surface area contributed by atoms with Crippen molar-refractivity contribution in [2.45, 2.75) is 38.5 Å². The van der Waals surface area contributed by atoms with Gasteiger partial charge in [-0.05, 0) is 25.3 Å². The number of rotatable bonds is 5. The van der Waals surface area contributed by atoms with Crippen LogP contribution in [0.3, 0.4) is 0 Å². The monoisotopic (exact) mass is 411 g/mol. The van der Waals surface area contributed by atoms with Crippen LogP contribution in [0, 0.1) is 6.92 Å². The molecule has 1 aromatic heterocycles. The van der Waals surface area contributed by atoms with Gasteiger partial charge in [-0.25, -0.2) is 9.48 Å². The fourth-order valence-corrected chi connectivity index (χ4v) is 3.43. The average Bonchev–Trinajstić information content (AvgIpc) is 2.97. The first-order valence-electron chi connectivity index (χ1n) is 9.42. The summed E-state index contributed by atoms with van der Waals surface area (Å²) in [6.45, 7) is 3.66. The van der Waals surface area contributed by atoms with Gasteiger partial charge in [-0.2, -0.15) is 13.2 Å². The number of aromatic nitrogens is 3. The van der Waals surface area contributed by atoms with Crippen LogP contribution in [0.1, 0.15) is 35.8 Å². The van der Waals surface area contributed by atoms with Crippen LogP contribution in [0.4, 0.5) is 13.2 Å². The van der Waals surface area contributed by atoms with Gasteiger partial charge >= 0.3 is 11.9 Å². The smallest absolute Gasteiger partial charge is 0.351 e. The molecule has 0 unspecified atom stereocenters. The maximum absolute atomic E-state index is 12.9. The quantitative estimate of drug-likeness (QED) is 0.815. The van der Waals surface area contributed by atoms with Crippen molar-refractivity contribution in [1.82, 2.24) is 24.6 Å². The Morgan fingerprint density at radius 2 is 1.83 bits per heavy atom. The third kappa shape index (κ3) is 5.06. The van der Waals surface area contributed by atoms with Gasteiger partial charge in [0.15, 0.2) is 0 Å². The second-order valence-corrected chi connectivity index (χ2v) is 7.38. The summed E-state index contributed by atoms with van der Waals surface area (Å²) in [4.78, 5) is 26.2. The molecule has 0 radical (unpaired) electrons. The van der Waals surface area contributed by atoms with Crippen molar-refractivity contribution in [3.63, 3.8) is 0 Å². The summed E-state index contributed by atoms with van der Waals surface area (Å²) < 4.78 is 40.3. The normalized spacial score (nSPS) is 16.2. The maximum Gasteiger partial charge on any atom is 0.451 e. The summed E-state index contributed by atoms with van der Waals surface area (Å²) in [7, 11) is 1.07. The van der Waals surface area contributed by atoms with Crippen LogP contribution in [-0.2, 0) is 24.6 Å². The molecular weight excluding hydrogens is 387 g/mol. The number of likely N-dealkylation sites (tertiary alicyclic amines) is 1. The summed E-state index contributed by atoms with van der Waals surface area (Å²) in [5.41, 5.74) is 1.39. The predicted molar refractivity (Wildman–Crippen MR) is 100 cm³/mol. The van der Waals surface area contributed by atoms with Crippen LogP contribution in [0.2, 0.25) is 0 Å². The number of hydrogen-bond donors (Lipinski definition) is 1. The minimum Gasteiger partial charge on any atom is -0.351 e. The molecule has 1 aromatic carbocycles. The molecule has 1 aliphatic heterocycles. The second kappa shape index (κ2) is 8.40. The van der Waals surface area contributed by atoms with E-state index in [0.717, 1.165) is 22.9 Å². The average molecular weight is 411 g/mol. The second-order valence-electron chi connectivity index (χ2n) is 7.38. The number of benzene rings is 1. The van der Waals surface area contributed by atoms with E-state index in [9.17, 15) is 22.8 Å². The fraction of sp³-hybridized carbons (Fsp3) is 0.526. The zero-order valence-corrected chi connectivity index (χ0v) is 16.4. The highest BCUT2D eigenvalue weighted by Crippen LogP contribution is 2.28.